The van der Waals surface area contributed by atoms with Crippen molar-refractivity contribution in [1.82, 2.24) is 15.0 Å². The van der Waals surface area contributed by atoms with Gasteiger partial charge in [-0.2, -0.15) is 0 Å². The molecule has 0 saturated heterocycles. The summed E-state index contributed by atoms with van der Waals surface area (Å²) in [6.07, 6.45) is 4.84. The number of pyridine rings is 1. The first-order valence-electron chi connectivity index (χ1n) is 6.42. The summed E-state index contributed by atoms with van der Waals surface area (Å²) in [5.41, 5.74) is 2.13. The number of aromatic nitrogens is 3. The third-order valence-corrected chi connectivity index (χ3v) is 2.87. The van der Waals surface area contributed by atoms with Crippen LogP contribution in [0, 0.1) is 5.82 Å². The van der Waals surface area contributed by atoms with Crippen LogP contribution >= 0.6 is 0 Å². The number of hydrogen-bond donors (Lipinski definition) is 0. The van der Waals surface area contributed by atoms with Crippen LogP contribution in [0.25, 0.3) is 11.3 Å². The highest BCUT2D eigenvalue weighted by Gasteiger charge is 2.09. The van der Waals surface area contributed by atoms with Gasteiger partial charge in [0.2, 0.25) is 5.88 Å². The highest BCUT2D eigenvalue weighted by molar-refractivity contribution is 5.63. The molecule has 0 spiro atoms. The van der Waals surface area contributed by atoms with E-state index in [0.717, 1.165) is 11.3 Å². The zero-order chi connectivity index (χ0) is 14.5. The van der Waals surface area contributed by atoms with Crippen molar-refractivity contribution in [3.63, 3.8) is 0 Å². The van der Waals surface area contributed by atoms with Crippen LogP contribution in [0.4, 0.5) is 4.39 Å². The Kier molecular flexibility index (Phi) is 3.82. The fraction of sp³-hybridized carbons (Fsp3) is 0.0625. The topological polar surface area (TPSA) is 47.9 Å². The monoisotopic (exact) mass is 281 g/mol. The van der Waals surface area contributed by atoms with Gasteiger partial charge in [-0.05, 0) is 36.4 Å². The van der Waals surface area contributed by atoms with Crippen molar-refractivity contribution in [2.45, 2.75) is 6.61 Å². The molecule has 2 heterocycles. The zero-order valence-electron chi connectivity index (χ0n) is 11.1. The van der Waals surface area contributed by atoms with Crippen LogP contribution < -0.4 is 4.74 Å². The Morgan fingerprint density at radius 1 is 0.857 bits per heavy atom. The smallest absolute Gasteiger partial charge is 0.240 e. The summed E-state index contributed by atoms with van der Waals surface area (Å²) < 4.78 is 18.7. The molecule has 0 aliphatic rings. The SMILES string of the molecule is Fc1ccc(-c2nccnc2OCc2ccccn2)cc1. The Morgan fingerprint density at radius 2 is 1.67 bits per heavy atom. The third-order valence-electron chi connectivity index (χ3n) is 2.87. The summed E-state index contributed by atoms with van der Waals surface area (Å²) in [4.78, 5) is 12.6. The van der Waals surface area contributed by atoms with Crippen molar-refractivity contribution in [3.05, 3.63) is 72.6 Å². The molecule has 0 N–H and O–H groups in total. The minimum Gasteiger partial charge on any atom is -0.470 e. The second-order valence-electron chi connectivity index (χ2n) is 4.33. The Bertz CT molecular complexity index is 717. The predicted molar refractivity (Wildman–Crippen MR) is 76.0 cm³/mol. The molecule has 0 unspecified atom stereocenters. The number of nitrogens with zero attached hydrogens (tertiary/aromatic N) is 3. The maximum absolute atomic E-state index is 13.0. The van der Waals surface area contributed by atoms with Crippen molar-refractivity contribution < 1.29 is 9.13 Å². The lowest BCUT2D eigenvalue weighted by atomic mass is 10.1. The van der Waals surface area contributed by atoms with Gasteiger partial charge in [-0.25, -0.2) is 14.4 Å². The van der Waals surface area contributed by atoms with Crippen LogP contribution in [0.1, 0.15) is 5.69 Å². The summed E-state index contributed by atoms with van der Waals surface area (Å²) >= 11 is 0. The van der Waals surface area contributed by atoms with E-state index in [-0.39, 0.29) is 5.82 Å². The average molecular weight is 281 g/mol. The summed E-state index contributed by atoms with van der Waals surface area (Å²) in [5.74, 6) is 0.105. The van der Waals surface area contributed by atoms with Crippen molar-refractivity contribution in [2.24, 2.45) is 0 Å². The maximum Gasteiger partial charge on any atom is 0.240 e. The molecule has 0 atom stereocenters. The molecule has 0 saturated carbocycles. The van der Waals surface area contributed by atoms with Crippen LogP contribution in [-0.2, 0) is 6.61 Å². The molecule has 3 rings (SSSR count). The van der Waals surface area contributed by atoms with E-state index in [1.807, 2.05) is 18.2 Å². The Labute approximate surface area is 121 Å². The normalized spacial score (nSPS) is 10.3. The van der Waals surface area contributed by atoms with E-state index in [9.17, 15) is 4.39 Å². The lowest BCUT2D eigenvalue weighted by Gasteiger charge is -2.09. The van der Waals surface area contributed by atoms with Gasteiger partial charge in [0.25, 0.3) is 0 Å². The third kappa shape index (κ3) is 3.20. The fourth-order valence-corrected chi connectivity index (χ4v) is 1.86. The van der Waals surface area contributed by atoms with Gasteiger partial charge >= 0.3 is 0 Å². The molecule has 4 nitrogen and oxygen atoms in total. The Morgan fingerprint density at radius 3 is 2.43 bits per heavy atom. The standard InChI is InChI=1S/C16H12FN3O/c17-13-6-4-12(5-7-13)15-16(20-10-9-19-15)21-11-14-3-1-2-8-18-14/h1-10H,11H2. The summed E-state index contributed by atoms with van der Waals surface area (Å²) in [6.45, 7) is 0.299. The number of halogens is 1. The summed E-state index contributed by atoms with van der Waals surface area (Å²) in [5, 5.41) is 0. The average Bonchev–Trinajstić information content (AvgIpc) is 2.55. The molecule has 104 valence electrons. The minimum absolute atomic E-state index is 0.293. The molecule has 21 heavy (non-hydrogen) atoms. The Hall–Kier alpha value is -2.82. The quantitative estimate of drug-likeness (QED) is 0.736. The molecule has 2 aromatic heterocycles. The van der Waals surface area contributed by atoms with E-state index < -0.39 is 0 Å². The summed E-state index contributed by atoms with van der Waals surface area (Å²) in [6, 6.07) is 11.7. The molecule has 0 amide bonds. The zero-order valence-corrected chi connectivity index (χ0v) is 11.1. The molecule has 0 radical (unpaired) electrons. The van der Waals surface area contributed by atoms with E-state index in [0.29, 0.717) is 18.2 Å². The fourth-order valence-electron chi connectivity index (χ4n) is 1.86. The first-order valence-corrected chi connectivity index (χ1v) is 6.42. The van der Waals surface area contributed by atoms with Gasteiger partial charge in [0.1, 0.15) is 18.1 Å². The van der Waals surface area contributed by atoms with Gasteiger partial charge in [-0.3, -0.25) is 4.98 Å². The molecule has 0 aliphatic heterocycles. The Balaban J connectivity index is 1.84. The largest absolute Gasteiger partial charge is 0.470 e. The van der Waals surface area contributed by atoms with Crippen molar-refractivity contribution in [3.8, 4) is 17.1 Å². The van der Waals surface area contributed by atoms with E-state index >= 15 is 0 Å². The van der Waals surface area contributed by atoms with Crippen LogP contribution in [0.15, 0.2) is 61.1 Å². The van der Waals surface area contributed by atoms with Gasteiger partial charge in [0.05, 0.1) is 5.69 Å². The lowest BCUT2D eigenvalue weighted by molar-refractivity contribution is 0.289. The van der Waals surface area contributed by atoms with Crippen LogP contribution in [0.5, 0.6) is 5.88 Å². The lowest BCUT2D eigenvalue weighted by Crippen LogP contribution is -2.01. The number of benzene rings is 1. The van der Waals surface area contributed by atoms with E-state index in [1.165, 1.54) is 12.1 Å². The molecule has 3 aromatic rings. The first kappa shape index (κ1) is 13.2. The highest BCUT2D eigenvalue weighted by atomic mass is 19.1. The van der Waals surface area contributed by atoms with Crippen molar-refractivity contribution in [1.29, 1.82) is 0 Å². The van der Waals surface area contributed by atoms with Crippen LogP contribution in [0.3, 0.4) is 0 Å². The number of rotatable bonds is 4. The van der Waals surface area contributed by atoms with Gasteiger partial charge in [-0.15, -0.1) is 0 Å². The van der Waals surface area contributed by atoms with Gasteiger partial charge in [-0.1, -0.05) is 6.07 Å². The highest BCUT2D eigenvalue weighted by Crippen LogP contribution is 2.25. The molecular formula is C16H12FN3O. The van der Waals surface area contributed by atoms with Crippen molar-refractivity contribution >= 4 is 0 Å². The number of hydrogen-bond acceptors (Lipinski definition) is 4. The minimum atomic E-state index is -0.293. The second-order valence-corrected chi connectivity index (χ2v) is 4.33. The molecule has 5 heteroatoms. The number of ether oxygens (including phenoxy) is 1. The molecule has 1 aromatic carbocycles. The van der Waals surface area contributed by atoms with Crippen LogP contribution in [-0.4, -0.2) is 15.0 Å². The molecular weight excluding hydrogens is 269 g/mol. The first-order chi connectivity index (χ1) is 10.3. The van der Waals surface area contributed by atoms with E-state index in [1.54, 1.807) is 30.7 Å². The van der Waals surface area contributed by atoms with E-state index in [4.69, 9.17) is 4.74 Å². The maximum atomic E-state index is 13.0. The van der Waals surface area contributed by atoms with Crippen LogP contribution in [0.2, 0.25) is 0 Å². The predicted octanol–water partition coefficient (Wildman–Crippen LogP) is 3.26. The van der Waals surface area contributed by atoms with Gasteiger partial charge in [0.15, 0.2) is 0 Å². The van der Waals surface area contributed by atoms with E-state index in [2.05, 4.69) is 15.0 Å². The molecule has 0 bridgehead atoms. The van der Waals surface area contributed by atoms with Crippen molar-refractivity contribution in [2.75, 3.05) is 0 Å². The van der Waals surface area contributed by atoms with Gasteiger partial charge in [0, 0.05) is 24.2 Å². The molecule has 0 aliphatic carbocycles. The van der Waals surface area contributed by atoms with Gasteiger partial charge < -0.3 is 4.74 Å². The summed E-state index contributed by atoms with van der Waals surface area (Å²) in [7, 11) is 0. The second kappa shape index (κ2) is 6.09. The molecule has 0 fully saturated rings.